The van der Waals surface area contributed by atoms with Crippen LogP contribution in [0.15, 0.2) is 23.1 Å². The Bertz CT molecular complexity index is 589. The Morgan fingerprint density at radius 3 is 3.18 bits per heavy atom. The molecule has 0 aromatic heterocycles. The summed E-state index contributed by atoms with van der Waals surface area (Å²) in [6.45, 7) is 2.22. The fourth-order valence-corrected chi connectivity index (χ4v) is 3.81. The van der Waals surface area contributed by atoms with Crippen LogP contribution in [0.5, 0.6) is 0 Å². The molecular weight excluding hydrogens is 300 g/mol. The van der Waals surface area contributed by atoms with Gasteiger partial charge >= 0.3 is 0 Å². The van der Waals surface area contributed by atoms with Crippen molar-refractivity contribution in [3.8, 4) is 0 Å². The Labute approximate surface area is 134 Å². The largest absolute Gasteiger partial charge is 0.384 e. The summed E-state index contributed by atoms with van der Waals surface area (Å²) in [5, 5.41) is 2.84. The number of thioether (sulfide) groups is 1. The van der Waals surface area contributed by atoms with Crippen LogP contribution in [0, 0.1) is 5.92 Å². The van der Waals surface area contributed by atoms with E-state index in [1.165, 1.54) is 11.8 Å². The number of amides is 2. The highest BCUT2D eigenvalue weighted by molar-refractivity contribution is 8.00. The molecule has 3 rings (SSSR count). The molecule has 2 aliphatic heterocycles. The fourth-order valence-electron chi connectivity index (χ4n) is 3.02. The van der Waals surface area contributed by atoms with E-state index < -0.39 is 0 Å². The number of carbonyl (C=O) groups excluding carboxylic acids is 2. The molecule has 118 valence electrons. The number of methoxy groups -OCH3 is 1. The predicted octanol–water partition coefficient (Wildman–Crippen LogP) is 2.23. The smallest absolute Gasteiger partial charge is 0.253 e. The van der Waals surface area contributed by atoms with Gasteiger partial charge < -0.3 is 15.0 Å². The highest BCUT2D eigenvalue weighted by Crippen LogP contribution is 2.32. The van der Waals surface area contributed by atoms with E-state index in [1.807, 2.05) is 17.0 Å². The van der Waals surface area contributed by atoms with Crippen LogP contribution in [-0.4, -0.2) is 49.3 Å². The lowest BCUT2D eigenvalue weighted by atomic mass is 9.98. The Kier molecular flexibility index (Phi) is 4.69. The van der Waals surface area contributed by atoms with Crippen LogP contribution in [0.4, 0.5) is 5.69 Å². The third-order valence-electron chi connectivity index (χ3n) is 4.07. The summed E-state index contributed by atoms with van der Waals surface area (Å²) >= 11 is 1.51. The van der Waals surface area contributed by atoms with Crippen LogP contribution in [-0.2, 0) is 9.53 Å². The second kappa shape index (κ2) is 6.71. The number of benzene rings is 1. The second-order valence-electron chi connectivity index (χ2n) is 5.76. The van der Waals surface area contributed by atoms with Gasteiger partial charge in [-0.05, 0) is 37.0 Å². The number of carbonyl (C=O) groups is 2. The monoisotopic (exact) mass is 320 g/mol. The van der Waals surface area contributed by atoms with Crippen molar-refractivity contribution in [1.29, 1.82) is 0 Å². The van der Waals surface area contributed by atoms with Crippen LogP contribution < -0.4 is 5.32 Å². The maximum atomic E-state index is 12.7. The van der Waals surface area contributed by atoms with Gasteiger partial charge in [0.15, 0.2) is 0 Å². The topological polar surface area (TPSA) is 58.6 Å². The summed E-state index contributed by atoms with van der Waals surface area (Å²) in [6, 6.07) is 5.57. The zero-order valence-electron chi connectivity index (χ0n) is 12.6. The van der Waals surface area contributed by atoms with Gasteiger partial charge in [-0.3, -0.25) is 9.59 Å². The van der Waals surface area contributed by atoms with Gasteiger partial charge in [-0.2, -0.15) is 0 Å². The van der Waals surface area contributed by atoms with Crippen LogP contribution in [0.1, 0.15) is 23.2 Å². The maximum absolute atomic E-state index is 12.7. The molecule has 2 amide bonds. The molecule has 5 nitrogen and oxygen atoms in total. The molecule has 0 spiro atoms. The number of ether oxygens (including phenoxy) is 1. The number of hydrogen-bond donors (Lipinski definition) is 1. The van der Waals surface area contributed by atoms with Gasteiger partial charge in [0.2, 0.25) is 5.91 Å². The average molecular weight is 320 g/mol. The molecule has 6 heteroatoms. The van der Waals surface area contributed by atoms with Crippen LogP contribution in [0.25, 0.3) is 0 Å². The first-order chi connectivity index (χ1) is 10.7. The summed E-state index contributed by atoms with van der Waals surface area (Å²) in [7, 11) is 1.70. The SMILES string of the molecule is COC[C@@H]1CCCN(C(=O)c2ccc3c(c2)NC(=O)CS3)C1. The summed E-state index contributed by atoms with van der Waals surface area (Å²) in [5.41, 5.74) is 1.39. The van der Waals surface area contributed by atoms with E-state index in [2.05, 4.69) is 5.32 Å². The molecule has 2 heterocycles. The van der Waals surface area contributed by atoms with Crippen molar-refractivity contribution in [2.75, 3.05) is 37.9 Å². The Hall–Kier alpha value is -1.53. The average Bonchev–Trinajstić information content (AvgIpc) is 2.54. The quantitative estimate of drug-likeness (QED) is 0.928. The van der Waals surface area contributed by atoms with E-state index in [1.54, 1.807) is 13.2 Å². The molecule has 0 aliphatic carbocycles. The van der Waals surface area contributed by atoms with E-state index >= 15 is 0 Å². The number of hydrogen-bond acceptors (Lipinski definition) is 4. The van der Waals surface area contributed by atoms with Gasteiger partial charge in [-0.1, -0.05) is 0 Å². The Balaban J connectivity index is 1.74. The third kappa shape index (κ3) is 3.28. The first-order valence-corrected chi connectivity index (χ1v) is 8.51. The fraction of sp³-hybridized carbons (Fsp3) is 0.500. The van der Waals surface area contributed by atoms with Gasteiger partial charge in [0.05, 0.1) is 18.0 Å². The molecule has 1 N–H and O–H groups in total. The van der Waals surface area contributed by atoms with E-state index in [0.29, 0.717) is 23.8 Å². The van der Waals surface area contributed by atoms with Crippen molar-refractivity contribution in [1.82, 2.24) is 4.90 Å². The van der Waals surface area contributed by atoms with Crippen LogP contribution >= 0.6 is 11.8 Å². The Morgan fingerprint density at radius 2 is 2.36 bits per heavy atom. The highest BCUT2D eigenvalue weighted by Gasteiger charge is 2.25. The maximum Gasteiger partial charge on any atom is 0.253 e. The molecule has 1 aromatic rings. The van der Waals surface area contributed by atoms with Gasteiger partial charge in [0.25, 0.3) is 5.91 Å². The minimum atomic E-state index is -0.0137. The number of nitrogens with zero attached hydrogens (tertiary/aromatic N) is 1. The van der Waals surface area contributed by atoms with Gasteiger partial charge in [-0.15, -0.1) is 11.8 Å². The molecule has 22 heavy (non-hydrogen) atoms. The lowest BCUT2D eigenvalue weighted by Gasteiger charge is -2.32. The van der Waals surface area contributed by atoms with E-state index in [4.69, 9.17) is 4.74 Å². The van der Waals surface area contributed by atoms with Crippen molar-refractivity contribution in [3.63, 3.8) is 0 Å². The molecule has 2 aliphatic rings. The number of piperidine rings is 1. The summed E-state index contributed by atoms with van der Waals surface area (Å²) in [4.78, 5) is 27.1. The number of likely N-dealkylation sites (tertiary alicyclic amines) is 1. The summed E-state index contributed by atoms with van der Waals surface area (Å²) < 4.78 is 5.21. The lowest BCUT2D eigenvalue weighted by Crippen LogP contribution is -2.41. The first-order valence-electron chi connectivity index (χ1n) is 7.52. The molecule has 1 atom stereocenters. The zero-order chi connectivity index (χ0) is 15.5. The molecule has 1 fully saturated rings. The molecule has 0 radical (unpaired) electrons. The highest BCUT2D eigenvalue weighted by atomic mass is 32.2. The standard InChI is InChI=1S/C16H20N2O3S/c1-21-9-11-3-2-6-18(8-11)16(20)12-4-5-14-13(7-12)17-15(19)10-22-14/h4-5,7,11H,2-3,6,8-10H2,1H3,(H,17,19)/t11-/m1/s1. The number of rotatable bonds is 3. The van der Waals surface area contributed by atoms with Gasteiger partial charge in [-0.25, -0.2) is 0 Å². The summed E-state index contributed by atoms with van der Waals surface area (Å²) in [5.74, 6) is 0.870. The number of nitrogens with one attached hydrogen (secondary N) is 1. The molecule has 0 unspecified atom stereocenters. The van der Waals surface area contributed by atoms with Crippen molar-refractivity contribution in [3.05, 3.63) is 23.8 Å². The molecule has 0 bridgehead atoms. The number of fused-ring (bicyclic) bond motifs is 1. The summed E-state index contributed by atoms with van der Waals surface area (Å²) in [6.07, 6.45) is 2.12. The second-order valence-corrected chi connectivity index (χ2v) is 6.78. The molecule has 1 saturated heterocycles. The minimum absolute atomic E-state index is 0.0137. The van der Waals surface area contributed by atoms with Gasteiger partial charge in [0.1, 0.15) is 0 Å². The minimum Gasteiger partial charge on any atom is -0.384 e. The van der Waals surface area contributed by atoms with Gasteiger partial charge in [0, 0.05) is 30.7 Å². The molecule has 1 aromatic carbocycles. The third-order valence-corrected chi connectivity index (χ3v) is 5.14. The Morgan fingerprint density at radius 1 is 1.50 bits per heavy atom. The van der Waals surface area contributed by atoms with E-state index in [-0.39, 0.29) is 11.8 Å². The molecular formula is C16H20N2O3S. The lowest BCUT2D eigenvalue weighted by molar-refractivity contribution is -0.113. The normalized spacial score (nSPS) is 21.2. The number of anilines is 1. The predicted molar refractivity (Wildman–Crippen MR) is 86.3 cm³/mol. The van der Waals surface area contributed by atoms with Crippen molar-refractivity contribution in [2.45, 2.75) is 17.7 Å². The van der Waals surface area contributed by atoms with Crippen molar-refractivity contribution in [2.24, 2.45) is 5.92 Å². The van der Waals surface area contributed by atoms with E-state index in [0.717, 1.165) is 36.5 Å². The van der Waals surface area contributed by atoms with Crippen LogP contribution in [0.3, 0.4) is 0 Å². The first kappa shape index (κ1) is 15.4. The molecule has 0 saturated carbocycles. The van der Waals surface area contributed by atoms with Crippen molar-refractivity contribution >= 4 is 29.3 Å². The van der Waals surface area contributed by atoms with E-state index in [9.17, 15) is 9.59 Å². The van der Waals surface area contributed by atoms with Crippen LogP contribution in [0.2, 0.25) is 0 Å². The van der Waals surface area contributed by atoms with Crippen molar-refractivity contribution < 1.29 is 14.3 Å². The zero-order valence-corrected chi connectivity index (χ0v) is 13.4.